The lowest BCUT2D eigenvalue weighted by Gasteiger charge is -2.29. The second kappa shape index (κ2) is 13.0. The standard InChI is InChI=1S/C45H30N4S/c1-4-15-30(16-5-1)33-21-14-22-34(27-33)35-28-38(42(46-29-35)41-36-23-10-12-25-39(36)50-40-26-13-11-24-37(40)41)45-48-43(31-17-6-2-7-18-31)47-44(49-45)32-19-8-3-9-20-32/h1-29,41H. The number of aromatic nitrogens is 4. The van der Waals surface area contributed by atoms with Gasteiger partial charge in [0.05, 0.1) is 11.6 Å². The van der Waals surface area contributed by atoms with E-state index in [4.69, 9.17) is 19.9 Å². The van der Waals surface area contributed by atoms with Gasteiger partial charge >= 0.3 is 0 Å². The maximum absolute atomic E-state index is 5.35. The van der Waals surface area contributed by atoms with Crippen molar-refractivity contribution in [1.29, 1.82) is 0 Å². The highest BCUT2D eigenvalue weighted by Crippen LogP contribution is 2.49. The molecule has 0 saturated heterocycles. The summed E-state index contributed by atoms with van der Waals surface area (Å²) >= 11 is 1.81. The molecule has 0 radical (unpaired) electrons. The highest BCUT2D eigenvalue weighted by molar-refractivity contribution is 7.99. The predicted octanol–water partition coefficient (Wildman–Crippen LogP) is 11.2. The smallest absolute Gasteiger partial charge is 0.165 e. The first-order chi connectivity index (χ1) is 24.8. The molecule has 3 heterocycles. The van der Waals surface area contributed by atoms with E-state index in [1.807, 2.05) is 84.7 Å². The summed E-state index contributed by atoms with van der Waals surface area (Å²) in [4.78, 5) is 23.2. The van der Waals surface area contributed by atoms with Crippen LogP contribution in [0.5, 0.6) is 0 Å². The van der Waals surface area contributed by atoms with Gasteiger partial charge in [-0.05, 0) is 52.1 Å². The van der Waals surface area contributed by atoms with Gasteiger partial charge in [-0.1, -0.05) is 157 Å². The summed E-state index contributed by atoms with van der Waals surface area (Å²) in [7, 11) is 0. The van der Waals surface area contributed by atoms with Crippen LogP contribution in [0.3, 0.4) is 0 Å². The lowest BCUT2D eigenvalue weighted by Crippen LogP contribution is -2.14. The van der Waals surface area contributed by atoms with Crippen molar-refractivity contribution in [3.63, 3.8) is 0 Å². The fraction of sp³-hybridized carbons (Fsp3) is 0.0222. The third-order valence-electron chi connectivity index (χ3n) is 9.12. The van der Waals surface area contributed by atoms with Crippen molar-refractivity contribution in [1.82, 2.24) is 19.9 Å². The Kier molecular flexibility index (Phi) is 7.80. The van der Waals surface area contributed by atoms with E-state index in [1.165, 1.54) is 26.5 Å². The van der Waals surface area contributed by atoms with Crippen LogP contribution in [0.4, 0.5) is 0 Å². The van der Waals surface area contributed by atoms with E-state index in [0.29, 0.717) is 17.5 Å². The van der Waals surface area contributed by atoms with Gasteiger partial charge in [0.15, 0.2) is 17.5 Å². The highest BCUT2D eigenvalue weighted by atomic mass is 32.2. The Balaban J connectivity index is 1.30. The molecule has 0 amide bonds. The van der Waals surface area contributed by atoms with E-state index in [9.17, 15) is 0 Å². The zero-order chi connectivity index (χ0) is 33.3. The molecule has 0 saturated carbocycles. The van der Waals surface area contributed by atoms with E-state index in [0.717, 1.165) is 39.1 Å². The minimum Gasteiger partial charge on any atom is -0.259 e. The summed E-state index contributed by atoms with van der Waals surface area (Å²) in [6.45, 7) is 0. The van der Waals surface area contributed by atoms with Crippen LogP contribution in [0, 0.1) is 0 Å². The largest absolute Gasteiger partial charge is 0.259 e. The van der Waals surface area contributed by atoms with Crippen LogP contribution in [-0.2, 0) is 0 Å². The van der Waals surface area contributed by atoms with Crippen molar-refractivity contribution in [3.8, 4) is 56.4 Å². The molecule has 0 aliphatic carbocycles. The summed E-state index contributed by atoms with van der Waals surface area (Å²) in [6, 6.07) is 58.9. The Bertz CT molecular complexity index is 2360. The van der Waals surface area contributed by atoms with Crippen molar-refractivity contribution in [2.75, 3.05) is 0 Å². The summed E-state index contributed by atoms with van der Waals surface area (Å²) in [5.74, 6) is 1.73. The van der Waals surface area contributed by atoms with E-state index < -0.39 is 0 Å². The number of benzene rings is 6. The fourth-order valence-electron chi connectivity index (χ4n) is 6.68. The highest BCUT2D eigenvalue weighted by Gasteiger charge is 2.31. The number of nitrogens with zero attached hydrogens (tertiary/aromatic N) is 4. The van der Waals surface area contributed by atoms with Crippen LogP contribution in [0.15, 0.2) is 186 Å². The minimum absolute atomic E-state index is 0.111. The van der Waals surface area contributed by atoms with Gasteiger partial charge in [0.1, 0.15) is 0 Å². The quantitative estimate of drug-likeness (QED) is 0.178. The fourth-order valence-corrected chi connectivity index (χ4v) is 7.82. The minimum atomic E-state index is -0.111. The molecule has 5 heteroatoms. The molecule has 236 valence electrons. The van der Waals surface area contributed by atoms with Crippen LogP contribution in [-0.4, -0.2) is 19.9 Å². The molecule has 0 unspecified atom stereocenters. The number of rotatable bonds is 6. The molecule has 0 N–H and O–H groups in total. The van der Waals surface area contributed by atoms with Crippen LogP contribution in [0.25, 0.3) is 56.4 Å². The monoisotopic (exact) mass is 658 g/mol. The molecule has 4 nitrogen and oxygen atoms in total. The summed E-state index contributed by atoms with van der Waals surface area (Å²) < 4.78 is 0. The average molecular weight is 659 g/mol. The maximum Gasteiger partial charge on any atom is 0.165 e. The van der Waals surface area contributed by atoms with Crippen LogP contribution >= 0.6 is 11.8 Å². The van der Waals surface area contributed by atoms with Crippen LogP contribution < -0.4 is 0 Å². The topological polar surface area (TPSA) is 51.6 Å². The van der Waals surface area contributed by atoms with Crippen molar-refractivity contribution < 1.29 is 0 Å². The lowest BCUT2D eigenvalue weighted by atomic mass is 9.84. The maximum atomic E-state index is 5.35. The summed E-state index contributed by atoms with van der Waals surface area (Å²) in [6.07, 6.45) is 2.01. The molecule has 2 aromatic heterocycles. The van der Waals surface area contributed by atoms with Gasteiger partial charge < -0.3 is 0 Å². The zero-order valence-electron chi connectivity index (χ0n) is 27.0. The summed E-state index contributed by atoms with van der Waals surface area (Å²) in [5, 5.41) is 0. The van der Waals surface area contributed by atoms with Gasteiger partial charge in [-0.15, -0.1) is 0 Å². The molecule has 0 spiro atoms. The third kappa shape index (κ3) is 5.68. The predicted molar refractivity (Wildman–Crippen MR) is 203 cm³/mol. The van der Waals surface area contributed by atoms with Gasteiger partial charge in [0.25, 0.3) is 0 Å². The van der Waals surface area contributed by atoms with E-state index in [-0.39, 0.29) is 5.92 Å². The Hall–Kier alpha value is -6.17. The first-order valence-corrected chi connectivity index (χ1v) is 17.5. The summed E-state index contributed by atoms with van der Waals surface area (Å²) in [5.41, 5.74) is 10.5. The lowest BCUT2D eigenvalue weighted by molar-refractivity contribution is 0.861. The Morgan fingerprint density at radius 1 is 0.380 bits per heavy atom. The Labute approximate surface area is 295 Å². The van der Waals surface area contributed by atoms with Crippen LogP contribution in [0.1, 0.15) is 22.7 Å². The van der Waals surface area contributed by atoms with E-state index in [1.54, 1.807) is 0 Å². The van der Waals surface area contributed by atoms with Gasteiger partial charge in [-0.25, -0.2) is 15.0 Å². The van der Waals surface area contributed by atoms with Gasteiger partial charge in [-0.3, -0.25) is 4.98 Å². The number of fused-ring (bicyclic) bond motifs is 2. The van der Waals surface area contributed by atoms with Gasteiger partial charge in [0, 0.05) is 38.2 Å². The van der Waals surface area contributed by atoms with Crippen LogP contribution in [0.2, 0.25) is 0 Å². The average Bonchev–Trinajstić information content (AvgIpc) is 3.20. The first-order valence-electron chi connectivity index (χ1n) is 16.7. The second-order valence-corrected chi connectivity index (χ2v) is 13.3. The van der Waals surface area contributed by atoms with Crippen molar-refractivity contribution in [3.05, 3.63) is 193 Å². The van der Waals surface area contributed by atoms with Gasteiger partial charge in [0.2, 0.25) is 0 Å². The van der Waals surface area contributed by atoms with Gasteiger partial charge in [-0.2, -0.15) is 0 Å². The Morgan fingerprint density at radius 3 is 1.42 bits per heavy atom. The first kappa shape index (κ1) is 29.9. The van der Waals surface area contributed by atoms with E-state index in [2.05, 4.69) is 103 Å². The molecular weight excluding hydrogens is 629 g/mol. The SMILES string of the molecule is c1ccc(-c2cccc(-c3cnc(C4c5ccccc5Sc5ccccc54)c(-c4nc(-c5ccccc5)nc(-c5ccccc5)n4)c3)c2)cc1. The molecule has 50 heavy (non-hydrogen) atoms. The molecular formula is C45H30N4S. The van der Waals surface area contributed by atoms with Crippen molar-refractivity contribution in [2.45, 2.75) is 15.7 Å². The zero-order valence-corrected chi connectivity index (χ0v) is 27.8. The molecule has 0 bridgehead atoms. The molecule has 9 rings (SSSR count). The van der Waals surface area contributed by atoms with Crippen molar-refractivity contribution >= 4 is 11.8 Å². The number of pyridine rings is 1. The number of hydrogen-bond donors (Lipinski definition) is 0. The number of hydrogen-bond acceptors (Lipinski definition) is 5. The molecule has 1 aliphatic heterocycles. The third-order valence-corrected chi connectivity index (χ3v) is 10.3. The molecule has 6 aromatic carbocycles. The van der Waals surface area contributed by atoms with Crippen molar-refractivity contribution in [2.24, 2.45) is 0 Å². The second-order valence-electron chi connectivity index (χ2n) is 12.3. The normalized spacial score (nSPS) is 12.2. The molecule has 0 atom stereocenters. The Morgan fingerprint density at radius 2 is 0.840 bits per heavy atom. The molecule has 0 fully saturated rings. The molecule has 1 aliphatic rings. The van der Waals surface area contributed by atoms with E-state index >= 15 is 0 Å². The molecule has 8 aromatic rings.